The van der Waals surface area contributed by atoms with E-state index in [0.717, 1.165) is 36.9 Å². The van der Waals surface area contributed by atoms with Gasteiger partial charge in [0.1, 0.15) is 5.78 Å². The molecule has 1 aromatic heterocycles. The summed E-state index contributed by atoms with van der Waals surface area (Å²) in [5.41, 5.74) is 3.48. The summed E-state index contributed by atoms with van der Waals surface area (Å²) in [7, 11) is 0. The Morgan fingerprint density at radius 1 is 1.11 bits per heavy atom. The smallest absolute Gasteiger partial charge is 0.132 e. The fourth-order valence-electron chi connectivity index (χ4n) is 2.77. The highest BCUT2D eigenvalue weighted by molar-refractivity contribution is 5.81. The van der Waals surface area contributed by atoms with Gasteiger partial charge in [0.05, 0.1) is 5.52 Å². The molecule has 0 bridgehead atoms. The molecule has 1 heterocycles. The van der Waals surface area contributed by atoms with Crippen molar-refractivity contribution >= 4 is 16.7 Å². The molecular weight excluding hydrogens is 222 g/mol. The lowest BCUT2D eigenvalue weighted by Crippen LogP contribution is -2.12. The van der Waals surface area contributed by atoms with Crippen molar-refractivity contribution in [2.24, 2.45) is 0 Å². The lowest BCUT2D eigenvalue weighted by atomic mass is 9.83. The normalized spacial score (nSPS) is 17.3. The fourth-order valence-corrected chi connectivity index (χ4v) is 2.77. The molecule has 0 aliphatic heterocycles. The molecule has 2 nitrogen and oxygen atoms in total. The zero-order chi connectivity index (χ0) is 12.5. The van der Waals surface area contributed by atoms with Gasteiger partial charge >= 0.3 is 0 Å². The van der Waals surface area contributed by atoms with Gasteiger partial charge in [-0.2, -0.15) is 0 Å². The third-order valence-corrected chi connectivity index (χ3v) is 3.87. The van der Waals surface area contributed by atoms with E-state index in [4.69, 9.17) is 0 Å². The van der Waals surface area contributed by atoms with E-state index in [2.05, 4.69) is 35.3 Å². The zero-order valence-corrected chi connectivity index (χ0v) is 10.6. The van der Waals surface area contributed by atoms with Crippen LogP contribution in [0.3, 0.4) is 0 Å². The van der Waals surface area contributed by atoms with Crippen molar-refractivity contribution in [1.29, 1.82) is 0 Å². The second kappa shape index (κ2) is 4.52. The van der Waals surface area contributed by atoms with Crippen LogP contribution in [0.5, 0.6) is 0 Å². The van der Waals surface area contributed by atoms with Crippen LogP contribution in [0.2, 0.25) is 0 Å². The molecule has 0 saturated heterocycles. The van der Waals surface area contributed by atoms with E-state index in [1.54, 1.807) is 0 Å². The van der Waals surface area contributed by atoms with Gasteiger partial charge in [-0.3, -0.25) is 9.78 Å². The van der Waals surface area contributed by atoms with Crippen LogP contribution >= 0.6 is 0 Å². The minimum atomic E-state index is 0.421. The zero-order valence-electron chi connectivity index (χ0n) is 10.6. The topological polar surface area (TPSA) is 30.0 Å². The third-order valence-electron chi connectivity index (χ3n) is 3.87. The molecule has 92 valence electrons. The van der Waals surface area contributed by atoms with E-state index in [1.165, 1.54) is 10.9 Å². The molecule has 1 aliphatic carbocycles. The minimum Gasteiger partial charge on any atom is -0.300 e. The number of hydrogen-bond donors (Lipinski definition) is 0. The van der Waals surface area contributed by atoms with Gasteiger partial charge < -0.3 is 0 Å². The van der Waals surface area contributed by atoms with Gasteiger partial charge in [0.15, 0.2) is 0 Å². The van der Waals surface area contributed by atoms with E-state index >= 15 is 0 Å². The Hall–Kier alpha value is -1.70. The van der Waals surface area contributed by atoms with E-state index in [9.17, 15) is 4.79 Å². The van der Waals surface area contributed by atoms with Gasteiger partial charge in [0.25, 0.3) is 0 Å². The summed E-state index contributed by atoms with van der Waals surface area (Å²) in [6.45, 7) is 2.01. The summed E-state index contributed by atoms with van der Waals surface area (Å²) in [6.07, 6.45) is 3.50. The number of hydrogen-bond acceptors (Lipinski definition) is 2. The van der Waals surface area contributed by atoms with Crippen molar-refractivity contribution in [2.45, 2.75) is 38.5 Å². The number of pyridine rings is 1. The first-order valence-electron chi connectivity index (χ1n) is 6.61. The number of aromatic nitrogens is 1. The summed E-state index contributed by atoms with van der Waals surface area (Å²) >= 11 is 0. The SMILES string of the molecule is Cc1ccc2cc(C3CCC(=O)CC3)ccc2n1. The molecule has 2 aromatic rings. The van der Waals surface area contributed by atoms with Crippen LogP contribution in [0.25, 0.3) is 10.9 Å². The number of carbonyl (C=O) groups is 1. The standard InChI is InChI=1S/C16H17NO/c1-11-2-3-14-10-13(6-9-16(14)17-11)12-4-7-15(18)8-5-12/h2-3,6,9-10,12H,4-5,7-8H2,1H3. The lowest BCUT2D eigenvalue weighted by molar-refractivity contribution is -0.120. The monoisotopic (exact) mass is 239 g/mol. The molecule has 3 rings (SSSR count). The summed E-state index contributed by atoms with van der Waals surface area (Å²) in [5, 5.41) is 1.20. The molecule has 0 atom stereocenters. The second-order valence-electron chi connectivity index (χ2n) is 5.22. The quantitative estimate of drug-likeness (QED) is 0.758. The van der Waals surface area contributed by atoms with Gasteiger partial charge in [-0.1, -0.05) is 12.1 Å². The van der Waals surface area contributed by atoms with Crippen LogP contribution in [-0.2, 0) is 4.79 Å². The fraction of sp³-hybridized carbons (Fsp3) is 0.375. The predicted molar refractivity (Wildman–Crippen MR) is 72.7 cm³/mol. The highest BCUT2D eigenvalue weighted by Crippen LogP contribution is 2.32. The lowest BCUT2D eigenvalue weighted by Gasteiger charge is -2.21. The molecule has 0 amide bonds. The maximum absolute atomic E-state index is 11.3. The van der Waals surface area contributed by atoms with Crippen molar-refractivity contribution in [3.63, 3.8) is 0 Å². The van der Waals surface area contributed by atoms with Crippen molar-refractivity contribution in [3.05, 3.63) is 41.6 Å². The maximum atomic E-state index is 11.3. The molecule has 1 aliphatic rings. The Morgan fingerprint density at radius 3 is 2.67 bits per heavy atom. The number of carbonyl (C=O) groups excluding carboxylic acids is 1. The highest BCUT2D eigenvalue weighted by Gasteiger charge is 2.20. The summed E-state index contributed by atoms with van der Waals surface area (Å²) in [5.74, 6) is 0.970. The summed E-state index contributed by atoms with van der Waals surface area (Å²) < 4.78 is 0. The molecule has 1 fully saturated rings. The Balaban J connectivity index is 1.93. The Labute approximate surface area is 107 Å². The van der Waals surface area contributed by atoms with Gasteiger partial charge in [-0.15, -0.1) is 0 Å². The summed E-state index contributed by atoms with van der Waals surface area (Å²) in [4.78, 5) is 15.8. The Bertz CT molecular complexity index is 593. The number of Topliss-reactive ketones (excluding diaryl/α,β-unsaturated/α-hetero) is 1. The molecule has 0 spiro atoms. The van der Waals surface area contributed by atoms with E-state index < -0.39 is 0 Å². The van der Waals surface area contributed by atoms with Gasteiger partial charge in [-0.05, 0) is 49.4 Å². The number of benzene rings is 1. The number of fused-ring (bicyclic) bond motifs is 1. The van der Waals surface area contributed by atoms with Crippen molar-refractivity contribution < 1.29 is 4.79 Å². The molecular formula is C16H17NO. The molecule has 1 saturated carbocycles. The van der Waals surface area contributed by atoms with Crippen LogP contribution in [0.4, 0.5) is 0 Å². The van der Waals surface area contributed by atoms with Crippen molar-refractivity contribution in [2.75, 3.05) is 0 Å². The third kappa shape index (κ3) is 2.15. The highest BCUT2D eigenvalue weighted by atomic mass is 16.1. The molecule has 18 heavy (non-hydrogen) atoms. The molecule has 1 aromatic carbocycles. The van der Waals surface area contributed by atoms with Crippen LogP contribution in [0, 0.1) is 6.92 Å². The average molecular weight is 239 g/mol. The second-order valence-corrected chi connectivity index (χ2v) is 5.22. The number of aryl methyl sites for hydroxylation is 1. The van der Waals surface area contributed by atoms with Crippen LogP contribution < -0.4 is 0 Å². The van der Waals surface area contributed by atoms with Crippen LogP contribution in [0.15, 0.2) is 30.3 Å². The first-order valence-corrected chi connectivity index (χ1v) is 6.61. The number of ketones is 1. The van der Waals surface area contributed by atoms with Crippen LogP contribution in [-0.4, -0.2) is 10.8 Å². The predicted octanol–water partition coefficient (Wildman–Crippen LogP) is 3.77. The first kappa shape index (κ1) is 11.4. The molecule has 0 unspecified atom stereocenters. The van der Waals surface area contributed by atoms with Crippen LogP contribution in [0.1, 0.15) is 42.9 Å². The number of rotatable bonds is 1. The maximum Gasteiger partial charge on any atom is 0.132 e. The Morgan fingerprint density at radius 2 is 1.89 bits per heavy atom. The van der Waals surface area contributed by atoms with Crippen molar-refractivity contribution in [1.82, 2.24) is 4.98 Å². The van der Waals surface area contributed by atoms with Crippen molar-refractivity contribution in [3.8, 4) is 0 Å². The van der Waals surface area contributed by atoms with E-state index in [1.807, 2.05) is 6.92 Å². The number of nitrogens with zero attached hydrogens (tertiary/aromatic N) is 1. The van der Waals surface area contributed by atoms with Gasteiger partial charge in [0, 0.05) is 23.9 Å². The summed E-state index contributed by atoms with van der Waals surface area (Å²) in [6, 6.07) is 10.7. The Kier molecular flexibility index (Phi) is 2.86. The van der Waals surface area contributed by atoms with E-state index in [-0.39, 0.29) is 0 Å². The molecule has 0 radical (unpaired) electrons. The van der Waals surface area contributed by atoms with Gasteiger partial charge in [-0.25, -0.2) is 0 Å². The largest absolute Gasteiger partial charge is 0.300 e. The molecule has 0 N–H and O–H groups in total. The minimum absolute atomic E-state index is 0.421. The molecule has 2 heteroatoms. The average Bonchev–Trinajstić information content (AvgIpc) is 2.39. The van der Waals surface area contributed by atoms with Gasteiger partial charge in [0.2, 0.25) is 0 Å². The first-order chi connectivity index (χ1) is 8.72. The van der Waals surface area contributed by atoms with E-state index in [0.29, 0.717) is 11.7 Å².